The van der Waals surface area contributed by atoms with Crippen LogP contribution >= 0.6 is 0 Å². The SMILES string of the molecule is CCOC(=O)CCCCCN(C)CCCC(=O)OC(C)(C)C. The molecule has 0 saturated heterocycles. The van der Waals surface area contributed by atoms with E-state index in [1.807, 2.05) is 27.7 Å². The number of esters is 2. The van der Waals surface area contributed by atoms with Crippen molar-refractivity contribution in [3.63, 3.8) is 0 Å². The Balaban J connectivity index is 3.52. The van der Waals surface area contributed by atoms with Gasteiger partial charge in [0.1, 0.15) is 5.60 Å². The molecule has 5 heteroatoms. The molecule has 22 heavy (non-hydrogen) atoms. The zero-order chi connectivity index (χ0) is 17.0. The molecule has 0 bridgehead atoms. The summed E-state index contributed by atoms with van der Waals surface area (Å²) in [6.45, 7) is 9.80. The summed E-state index contributed by atoms with van der Waals surface area (Å²) >= 11 is 0. The summed E-state index contributed by atoms with van der Waals surface area (Å²) in [5.74, 6) is -0.233. The minimum Gasteiger partial charge on any atom is -0.466 e. The van der Waals surface area contributed by atoms with E-state index >= 15 is 0 Å². The summed E-state index contributed by atoms with van der Waals surface area (Å²) < 4.78 is 10.2. The number of hydrogen-bond acceptors (Lipinski definition) is 5. The van der Waals surface area contributed by atoms with Crippen LogP contribution in [0.25, 0.3) is 0 Å². The van der Waals surface area contributed by atoms with Crippen molar-refractivity contribution in [3.05, 3.63) is 0 Å². The molecule has 0 aromatic rings. The third kappa shape index (κ3) is 13.9. The van der Waals surface area contributed by atoms with Gasteiger partial charge in [-0.2, -0.15) is 0 Å². The highest BCUT2D eigenvalue weighted by atomic mass is 16.6. The van der Waals surface area contributed by atoms with Crippen molar-refractivity contribution in [3.8, 4) is 0 Å². The minimum atomic E-state index is -0.401. The molecule has 0 saturated carbocycles. The van der Waals surface area contributed by atoms with E-state index in [0.717, 1.165) is 38.8 Å². The fraction of sp³-hybridized carbons (Fsp3) is 0.882. The predicted molar refractivity (Wildman–Crippen MR) is 87.7 cm³/mol. The van der Waals surface area contributed by atoms with Gasteiger partial charge in [-0.25, -0.2) is 0 Å². The van der Waals surface area contributed by atoms with Crippen LogP contribution in [0.15, 0.2) is 0 Å². The number of hydrogen-bond donors (Lipinski definition) is 0. The van der Waals surface area contributed by atoms with Crippen LogP contribution in [-0.2, 0) is 19.1 Å². The Hall–Kier alpha value is -1.10. The first-order chi connectivity index (χ1) is 10.2. The Labute approximate surface area is 135 Å². The van der Waals surface area contributed by atoms with Gasteiger partial charge in [0, 0.05) is 12.8 Å². The van der Waals surface area contributed by atoms with Gasteiger partial charge in [-0.3, -0.25) is 9.59 Å². The van der Waals surface area contributed by atoms with Gasteiger partial charge in [0.15, 0.2) is 0 Å². The van der Waals surface area contributed by atoms with Gasteiger partial charge in [-0.1, -0.05) is 6.42 Å². The molecular formula is C17H33NO4. The lowest BCUT2D eigenvalue weighted by atomic mass is 10.2. The lowest BCUT2D eigenvalue weighted by molar-refractivity contribution is -0.155. The largest absolute Gasteiger partial charge is 0.466 e. The summed E-state index contributed by atoms with van der Waals surface area (Å²) in [6, 6.07) is 0. The smallest absolute Gasteiger partial charge is 0.306 e. The summed E-state index contributed by atoms with van der Waals surface area (Å²) in [4.78, 5) is 25.0. The van der Waals surface area contributed by atoms with E-state index in [1.54, 1.807) is 0 Å². The van der Waals surface area contributed by atoms with Crippen molar-refractivity contribution in [2.75, 3.05) is 26.7 Å². The van der Waals surface area contributed by atoms with Crippen LogP contribution in [0.1, 0.15) is 66.2 Å². The standard InChI is InChI=1S/C17H33NO4/c1-6-21-15(19)11-8-7-9-13-18(5)14-10-12-16(20)22-17(2,3)4/h6-14H2,1-5H3. The van der Waals surface area contributed by atoms with Crippen LogP contribution in [0, 0.1) is 0 Å². The molecule has 0 fully saturated rings. The van der Waals surface area contributed by atoms with Crippen molar-refractivity contribution in [2.24, 2.45) is 0 Å². The van der Waals surface area contributed by atoms with Crippen molar-refractivity contribution in [1.29, 1.82) is 0 Å². The number of rotatable bonds is 11. The van der Waals surface area contributed by atoms with Crippen molar-refractivity contribution in [1.82, 2.24) is 4.90 Å². The van der Waals surface area contributed by atoms with Crippen molar-refractivity contribution < 1.29 is 19.1 Å². The Bertz CT molecular complexity index is 323. The highest BCUT2D eigenvalue weighted by Gasteiger charge is 2.15. The quantitative estimate of drug-likeness (QED) is 0.433. The first-order valence-corrected chi connectivity index (χ1v) is 8.30. The Morgan fingerprint density at radius 1 is 0.909 bits per heavy atom. The fourth-order valence-electron chi connectivity index (χ4n) is 2.06. The van der Waals surface area contributed by atoms with Crippen molar-refractivity contribution in [2.45, 2.75) is 71.8 Å². The Kier molecular flexibility index (Phi) is 10.9. The van der Waals surface area contributed by atoms with Gasteiger partial charge in [0.05, 0.1) is 6.61 Å². The number of ether oxygens (including phenoxy) is 2. The fourth-order valence-corrected chi connectivity index (χ4v) is 2.06. The molecule has 0 unspecified atom stereocenters. The van der Waals surface area contributed by atoms with E-state index in [0.29, 0.717) is 19.4 Å². The van der Waals surface area contributed by atoms with Crippen LogP contribution in [0.2, 0.25) is 0 Å². The molecule has 0 aliphatic heterocycles. The maximum Gasteiger partial charge on any atom is 0.306 e. The molecule has 0 radical (unpaired) electrons. The summed E-state index contributed by atoms with van der Waals surface area (Å²) in [7, 11) is 2.06. The monoisotopic (exact) mass is 315 g/mol. The van der Waals surface area contributed by atoms with E-state index in [4.69, 9.17) is 9.47 Å². The molecular weight excluding hydrogens is 282 g/mol. The van der Waals surface area contributed by atoms with E-state index < -0.39 is 5.60 Å². The zero-order valence-corrected chi connectivity index (χ0v) is 14.9. The number of nitrogens with zero attached hydrogens (tertiary/aromatic N) is 1. The summed E-state index contributed by atoms with van der Waals surface area (Å²) in [6.07, 6.45) is 4.75. The molecule has 0 aliphatic rings. The lowest BCUT2D eigenvalue weighted by Gasteiger charge is -2.20. The average molecular weight is 315 g/mol. The Morgan fingerprint density at radius 3 is 2.09 bits per heavy atom. The molecule has 0 rings (SSSR count). The van der Waals surface area contributed by atoms with E-state index in [9.17, 15) is 9.59 Å². The molecule has 0 heterocycles. The Morgan fingerprint density at radius 2 is 1.50 bits per heavy atom. The van der Waals surface area contributed by atoms with Crippen LogP contribution in [0.3, 0.4) is 0 Å². The van der Waals surface area contributed by atoms with E-state index in [2.05, 4.69) is 11.9 Å². The molecule has 0 spiro atoms. The minimum absolute atomic E-state index is 0.104. The number of carbonyl (C=O) groups excluding carboxylic acids is 2. The summed E-state index contributed by atoms with van der Waals surface area (Å²) in [5, 5.41) is 0. The van der Waals surface area contributed by atoms with Gasteiger partial charge in [0.25, 0.3) is 0 Å². The normalized spacial score (nSPS) is 11.5. The van der Waals surface area contributed by atoms with Crippen LogP contribution in [-0.4, -0.2) is 49.2 Å². The van der Waals surface area contributed by atoms with Gasteiger partial charge in [-0.15, -0.1) is 0 Å². The molecule has 0 aromatic carbocycles. The highest BCUT2D eigenvalue weighted by molar-refractivity contribution is 5.69. The molecule has 0 N–H and O–H groups in total. The second kappa shape index (κ2) is 11.5. The van der Waals surface area contributed by atoms with Crippen LogP contribution in [0.4, 0.5) is 0 Å². The zero-order valence-electron chi connectivity index (χ0n) is 14.9. The number of carbonyl (C=O) groups is 2. The average Bonchev–Trinajstić information content (AvgIpc) is 2.36. The van der Waals surface area contributed by atoms with Gasteiger partial charge >= 0.3 is 11.9 Å². The second-order valence-corrected chi connectivity index (χ2v) is 6.61. The first-order valence-electron chi connectivity index (χ1n) is 8.30. The first kappa shape index (κ1) is 20.9. The van der Waals surface area contributed by atoms with E-state index in [1.165, 1.54) is 0 Å². The van der Waals surface area contributed by atoms with E-state index in [-0.39, 0.29) is 11.9 Å². The maximum atomic E-state index is 11.6. The maximum absolute atomic E-state index is 11.6. The van der Waals surface area contributed by atoms with Gasteiger partial charge in [-0.05, 0) is 67.1 Å². The van der Waals surface area contributed by atoms with Gasteiger partial charge in [0.2, 0.25) is 0 Å². The molecule has 0 amide bonds. The third-order valence-electron chi connectivity index (χ3n) is 3.07. The molecule has 0 aromatic heterocycles. The molecule has 0 aliphatic carbocycles. The highest BCUT2D eigenvalue weighted by Crippen LogP contribution is 2.09. The van der Waals surface area contributed by atoms with Crippen LogP contribution in [0.5, 0.6) is 0 Å². The molecule has 130 valence electrons. The second-order valence-electron chi connectivity index (χ2n) is 6.61. The topological polar surface area (TPSA) is 55.8 Å². The summed E-state index contributed by atoms with van der Waals surface area (Å²) in [5.41, 5.74) is -0.401. The van der Waals surface area contributed by atoms with Crippen LogP contribution < -0.4 is 0 Å². The molecule has 0 atom stereocenters. The molecule has 5 nitrogen and oxygen atoms in total. The number of unbranched alkanes of at least 4 members (excludes halogenated alkanes) is 2. The van der Waals surface area contributed by atoms with Gasteiger partial charge < -0.3 is 14.4 Å². The van der Waals surface area contributed by atoms with Crippen molar-refractivity contribution >= 4 is 11.9 Å². The third-order valence-corrected chi connectivity index (χ3v) is 3.07. The lowest BCUT2D eigenvalue weighted by Crippen LogP contribution is -2.25. The predicted octanol–water partition coefficient (Wildman–Crippen LogP) is 3.16.